The van der Waals surface area contributed by atoms with E-state index in [9.17, 15) is 0 Å². The van der Waals surface area contributed by atoms with Crippen molar-refractivity contribution in [3.8, 4) is 0 Å². The van der Waals surface area contributed by atoms with Gasteiger partial charge in [-0.1, -0.05) is 15.9 Å². The predicted molar refractivity (Wildman–Crippen MR) is 36.7 cm³/mol. The molecule has 0 saturated heterocycles. The molecule has 1 aromatic rings. The fourth-order valence-electron chi connectivity index (χ4n) is 0.448. The highest BCUT2D eigenvalue weighted by Gasteiger charge is 1.82. The second-order valence-corrected chi connectivity index (χ2v) is 1.84. The van der Waals surface area contributed by atoms with E-state index in [-0.39, 0.29) is 0 Å². The Bertz CT molecular complexity index is 165. The fourth-order valence-corrected chi connectivity index (χ4v) is 0.709. The zero-order valence-electron chi connectivity index (χ0n) is 4.17. The summed E-state index contributed by atoms with van der Waals surface area (Å²) in [6, 6.07) is 3.74. The molecule has 0 aliphatic rings. The fraction of sp³-hybridized carbons (Fsp3) is 0. The van der Waals surface area contributed by atoms with E-state index < -0.39 is 0 Å². The Kier molecular flexibility index (Phi) is 1.92. The van der Waals surface area contributed by atoms with Crippen molar-refractivity contribution >= 4 is 22.0 Å². The maximum absolute atomic E-state index is 4.96. The van der Waals surface area contributed by atoms with Gasteiger partial charge < -0.3 is 4.42 Å². The van der Waals surface area contributed by atoms with Crippen LogP contribution in [0, 0.1) is 0 Å². The molecule has 0 amide bonds. The average molecular weight is 173 g/mol. The van der Waals surface area contributed by atoms with Crippen molar-refractivity contribution in [2.24, 2.45) is 0 Å². The molecule has 0 atom stereocenters. The SMILES string of the molecule is BrC=Cc1ccco1. The van der Waals surface area contributed by atoms with Crippen LogP contribution in [-0.2, 0) is 0 Å². The number of hydrogen-bond acceptors (Lipinski definition) is 1. The van der Waals surface area contributed by atoms with Crippen LogP contribution in [0.4, 0.5) is 0 Å². The van der Waals surface area contributed by atoms with Crippen LogP contribution >= 0.6 is 15.9 Å². The molecule has 2 heteroatoms. The van der Waals surface area contributed by atoms with Crippen molar-refractivity contribution in [2.45, 2.75) is 0 Å². The smallest absolute Gasteiger partial charge is 0.127 e. The predicted octanol–water partition coefficient (Wildman–Crippen LogP) is 2.65. The molecule has 0 aliphatic heterocycles. The molecule has 1 heterocycles. The van der Waals surface area contributed by atoms with Crippen molar-refractivity contribution in [1.82, 2.24) is 0 Å². The first-order valence-corrected chi connectivity index (χ1v) is 3.15. The molecule has 0 aromatic carbocycles. The molecular formula is C6H5BrO. The van der Waals surface area contributed by atoms with Gasteiger partial charge in [0.15, 0.2) is 0 Å². The highest BCUT2D eigenvalue weighted by atomic mass is 79.9. The third kappa shape index (κ3) is 1.23. The molecule has 0 aliphatic carbocycles. The lowest BCUT2D eigenvalue weighted by molar-refractivity contribution is 0.557. The van der Waals surface area contributed by atoms with Crippen LogP contribution in [0.15, 0.2) is 27.8 Å². The van der Waals surface area contributed by atoms with Crippen LogP contribution in [0.1, 0.15) is 5.76 Å². The van der Waals surface area contributed by atoms with E-state index >= 15 is 0 Å². The standard InChI is InChI=1S/C6H5BrO/c7-4-3-6-2-1-5-8-6/h1-5H. The molecule has 0 bridgehead atoms. The Morgan fingerprint density at radius 3 is 3.00 bits per heavy atom. The normalized spacial score (nSPS) is 10.6. The summed E-state index contributed by atoms with van der Waals surface area (Å²) >= 11 is 3.13. The third-order valence-electron chi connectivity index (χ3n) is 0.770. The Labute approximate surface area is 56.1 Å². The van der Waals surface area contributed by atoms with Gasteiger partial charge in [-0.25, -0.2) is 0 Å². The minimum Gasteiger partial charge on any atom is -0.465 e. The third-order valence-corrected chi connectivity index (χ3v) is 1.03. The molecule has 0 fully saturated rings. The van der Waals surface area contributed by atoms with Crippen molar-refractivity contribution in [3.05, 3.63) is 29.1 Å². The minimum atomic E-state index is 0.863. The van der Waals surface area contributed by atoms with Crippen molar-refractivity contribution < 1.29 is 4.42 Å². The summed E-state index contributed by atoms with van der Waals surface area (Å²) in [5.41, 5.74) is 0. The van der Waals surface area contributed by atoms with E-state index in [0.717, 1.165) is 5.76 Å². The van der Waals surface area contributed by atoms with Gasteiger partial charge in [-0.05, 0) is 23.2 Å². The maximum Gasteiger partial charge on any atom is 0.127 e. The quantitative estimate of drug-likeness (QED) is 0.636. The zero-order valence-corrected chi connectivity index (χ0v) is 5.76. The molecule has 0 N–H and O–H groups in total. The highest BCUT2D eigenvalue weighted by molar-refractivity contribution is 9.11. The Morgan fingerprint density at radius 2 is 2.50 bits per heavy atom. The van der Waals surface area contributed by atoms with Gasteiger partial charge in [-0.3, -0.25) is 0 Å². The number of halogens is 1. The van der Waals surface area contributed by atoms with Gasteiger partial charge in [0.25, 0.3) is 0 Å². The van der Waals surface area contributed by atoms with E-state index in [4.69, 9.17) is 4.42 Å². The van der Waals surface area contributed by atoms with E-state index in [1.165, 1.54) is 0 Å². The minimum absolute atomic E-state index is 0.863. The van der Waals surface area contributed by atoms with E-state index in [1.54, 1.807) is 11.2 Å². The highest BCUT2D eigenvalue weighted by Crippen LogP contribution is 2.02. The first-order chi connectivity index (χ1) is 3.93. The van der Waals surface area contributed by atoms with Crippen LogP contribution in [-0.4, -0.2) is 0 Å². The molecule has 1 rings (SSSR count). The number of rotatable bonds is 1. The van der Waals surface area contributed by atoms with Crippen molar-refractivity contribution in [2.75, 3.05) is 0 Å². The molecular weight excluding hydrogens is 168 g/mol. The summed E-state index contributed by atoms with van der Waals surface area (Å²) in [5.74, 6) is 0.863. The molecule has 8 heavy (non-hydrogen) atoms. The summed E-state index contributed by atoms with van der Waals surface area (Å²) in [4.78, 5) is 1.76. The maximum atomic E-state index is 4.96. The monoisotopic (exact) mass is 172 g/mol. The second kappa shape index (κ2) is 2.72. The number of furan rings is 1. The van der Waals surface area contributed by atoms with Gasteiger partial charge in [0.05, 0.1) is 6.26 Å². The van der Waals surface area contributed by atoms with Crippen LogP contribution in [0.5, 0.6) is 0 Å². The molecule has 0 radical (unpaired) electrons. The van der Waals surface area contributed by atoms with Crippen LogP contribution in [0.2, 0.25) is 0 Å². The lowest BCUT2D eigenvalue weighted by Crippen LogP contribution is -1.52. The summed E-state index contributed by atoms with van der Waals surface area (Å²) in [6.45, 7) is 0. The lowest BCUT2D eigenvalue weighted by Gasteiger charge is -1.75. The topological polar surface area (TPSA) is 13.1 Å². The molecule has 1 aromatic heterocycles. The summed E-state index contributed by atoms with van der Waals surface area (Å²) in [7, 11) is 0. The van der Waals surface area contributed by atoms with E-state index in [0.29, 0.717) is 0 Å². The summed E-state index contributed by atoms with van der Waals surface area (Å²) < 4.78 is 4.96. The van der Waals surface area contributed by atoms with E-state index in [2.05, 4.69) is 15.9 Å². The van der Waals surface area contributed by atoms with Crippen molar-refractivity contribution in [1.29, 1.82) is 0 Å². The van der Waals surface area contributed by atoms with E-state index in [1.807, 2.05) is 18.2 Å². The van der Waals surface area contributed by atoms with Gasteiger partial charge >= 0.3 is 0 Å². The van der Waals surface area contributed by atoms with Crippen molar-refractivity contribution in [3.63, 3.8) is 0 Å². The van der Waals surface area contributed by atoms with Gasteiger partial charge in [0, 0.05) is 0 Å². The van der Waals surface area contributed by atoms with Gasteiger partial charge in [-0.15, -0.1) is 0 Å². The molecule has 0 saturated carbocycles. The zero-order chi connectivity index (χ0) is 5.82. The van der Waals surface area contributed by atoms with Crippen LogP contribution < -0.4 is 0 Å². The Morgan fingerprint density at radius 1 is 1.62 bits per heavy atom. The first-order valence-electron chi connectivity index (χ1n) is 2.24. The Hall–Kier alpha value is -0.500. The largest absolute Gasteiger partial charge is 0.465 e. The molecule has 1 nitrogen and oxygen atoms in total. The first kappa shape index (κ1) is 5.63. The molecule has 42 valence electrons. The molecule has 0 unspecified atom stereocenters. The second-order valence-electron chi connectivity index (χ2n) is 1.31. The Balaban J connectivity index is 2.77. The summed E-state index contributed by atoms with van der Waals surface area (Å²) in [5, 5.41) is 0. The van der Waals surface area contributed by atoms with Gasteiger partial charge in [0.2, 0.25) is 0 Å². The number of hydrogen-bond donors (Lipinski definition) is 0. The van der Waals surface area contributed by atoms with Crippen LogP contribution in [0.3, 0.4) is 0 Å². The van der Waals surface area contributed by atoms with Gasteiger partial charge in [0.1, 0.15) is 5.76 Å². The van der Waals surface area contributed by atoms with Crippen LogP contribution in [0.25, 0.3) is 6.08 Å². The molecule has 0 spiro atoms. The van der Waals surface area contributed by atoms with Gasteiger partial charge in [-0.2, -0.15) is 0 Å². The summed E-state index contributed by atoms with van der Waals surface area (Å²) in [6.07, 6.45) is 3.47. The average Bonchev–Trinajstić information content (AvgIpc) is 2.19. The lowest BCUT2D eigenvalue weighted by atomic mass is 10.5.